The number of alkyl halides is 2. The zero-order valence-electron chi connectivity index (χ0n) is 23.7. The Morgan fingerprint density at radius 2 is 1.61 bits per heavy atom. The van der Waals surface area contributed by atoms with Crippen LogP contribution in [0.5, 0.6) is 0 Å². The maximum absolute atomic E-state index is 15.8. The van der Waals surface area contributed by atoms with E-state index in [1.807, 2.05) is 38.1 Å². The Balaban J connectivity index is 1.86. The van der Waals surface area contributed by atoms with Crippen LogP contribution in [0.1, 0.15) is 64.1 Å². The first-order valence-corrected chi connectivity index (χ1v) is 14.9. The SMILES string of the molecule is CCCN(CCC)C(=O)c1cc(C)cc(C(=O)N[C@H]([C@@H](O)CNCc2cccc(I)c2)C(F)(F)c2ccccc2)c1. The molecule has 0 saturated heterocycles. The number of nitrogens with one attached hydrogen (secondary N) is 2. The maximum atomic E-state index is 15.8. The fourth-order valence-electron chi connectivity index (χ4n) is 4.70. The van der Waals surface area contributed by atoms with E-state index in [1.165, 1.54) is 30.3 Å². The minimum atomic E-state index is -3.58. The second-order valence-electron chi connectivity index (χ2n) is 10.1. The van der Waals surface area contributed by atoms with Crippen molar-refractivity contribution < 1.29 is 23.5 Å². The van der Waals surface area contributed by atoms with E-state index in [0.717, 1.165) is 22.0 Å². The average Bonchev–Trinajstić information content (AvgIpc) is 2.95. The molecule has 220 valence electrons. The predicted octanol–water partition coefficient (Wildman–Crippen LogP) is 5.90. The van der Waals surface area contributed by atoms with Crippen molar-refractivity contribution in [2.45, 2.75) is 58.2 Å². The van der Waals surface area contributed by atoms with Gasteiger partial charge in [-0.05, 0) is 83.8 Å². The van der Waals surface area contributed by atoms with Gasteiger partial charge in [0.05, 0.1) is 6.10 Å². The molecule has 0 radical (unpaired) electrons. The molecule has 0 aliphatic carbocycles. The summed E-state index contributed by atoms with van der Waals surface area (Å²) in [5, 5.41) is 16.4. The van der Waals surface area contributed by atoms with Crippen molar-refractivity contribution in [3.05, 3.63) is 104 Å². The largest absolute Gasteiger partial charge is 0.389 e. The van der Waals surface area contributed by atoms with E-state index < -0.39 is 24.0 Å². The highest BCUT2D eigenvalue weighted by atomic mass is 127. The highest BCUT2D eigenvalue weighted by molar-refractivity contribution is 14.1. The average molecular weight is 678 g/mol. The van der Waals surface area contributed by atoms with Gasteiger partial charge in [-0.25, -0.2) is 0 Å². The van der Waals surface area contributed by atoms with Gasteiger partial charge in [0.2, 0.25) is 0 Å². The minimum absolute atomic E-state index is 0.0779. The number of benzene rings is 3. The molecule has 0 saturated carbocycles. The fraction of sp³-hybridized carbons (Fsp3) is 0.375. The number of hydrogen-bond acceptors (Lipinski definition) is 4. The summed E-state index contributed by atoms with van der Waals surface area (Å²) >= 11 is 2.19. The summed E-state index contributed by atoms with van der Waals surface area (Å²) in [6, 6.07) is 17.6. The summed E-state index contributed by atoms with van der Waals surface area (Å²) < 4.78 is 32.7. The zero-order chi connectivity index (χ0) is 30.0. The van der Waals surface area contributed by atoms with Gasteiger partial charge in [0.25, 0.3) is 17.7 Å². The molecule has 0 fully saturated rings. The lowest BCUT2D eigenvalue weighted by molar-refractivity contribution is -0.0806. The van der Waals surface area contributed by atoms with Crippen molar-refractivity contribution in [1.82, 2.24) is 15.5 Å². The number of aryl methyl sites for hydroxylation is 1. The Morgan fingerprint density at radius 1 is 0.951 bits per heavy atom. The van der Waals surface area contributed by atoms with Gasteiger partial charge < -0.3 is 20.6 Å². The number of hydrogen-bond donors (Lipinski definition) is 3. The van der Waals surface area contributed by atoms with Gasteiger partial charge in [-0.1, -0.05) is 56.3 Å². The Morgan fingerprint density at radius 3 is 2.24 bits per heavy atom. The summed E-state index contributed by atoms with van der Waals surface area (Å²) in [4.78, 5) is 28.4. The Bertz CT molecular complexity index is 1300. The molecule has 0 heterocycles. The van der Waals surface area contributed by atoms with E-state index >= 15 is 8.78 Å². The Labute approximate surface area is 254 Å². The molecule has 2 atom stereocenters. The van der Waals surface area contributed by atoms with Crippen LogP contribution in [-0.2, 0) is 12.5 Å². The van der Waals surface area contributed by atoms with E-state index in [-0.39, 0.29) is 23.6 Å². The van der Waals surface area contributed by atoms with Gasteiger partial charge in [-0.2, -0.15) is 8.78 Å². The van der Waals surface area contributed by atoms with Gasteiger partial charge in [-0.3, -0.25) is 9.59 Å². The summed E-state index contributed by atoms with van der Waals surface area (Å²) in [6.45, 7) is 7.05. The molecule has 6 nitrogen and oxygen atoms in total. The fourth-order valence-corrected chi connectivity index (χ4v) is 5.30. The number of aliphatic hydroxyl groups excluding tert-OH is 1. The third-order valence-corrected chi connectivity index (χ3v) is 7.32. The molecule has 0 unspecified atom stereocenters. The lowest BCUT2D eigenvalue weighted by atomic mass is 9.95. The normalized spacial score (nSPS) is 13.0. The number of aliphatic hydroxyl groups is 1. The zero-order valence-corrected chi connectivity index (χ0v) is 25.8. The lowest BCUT2D eigenvalue weighted by Gasteiger charge is -2.32. The highest BCUT2D eigenvalue weighted by Gasteiger charge is 2.46. The standard InChI is InChI=1S/C32H38F2IN3O3/c1-4-14-38(15-5-2)31(41)25-17-22(3)16-24(19-25)30(40)37-29(32(33,34)26-11-7-6-8-12-26)28(39)21-36-20-23-10-9-13-27(35)18-23/h6-13,16-19,28-29,36,39H,4-5,14-15,20-21H2,1-3H3,(H,37,40)/t28-,29+/m0/s1. The van der Waals surface area contributed by atoms with Gasteiger partial charge in [0.15, 0.2) is 0 Å². The Kier molecular flexibility index (Phi) is 12.2. The molecule has 2 amide bonds. The lowest BCUT2D eigenvalue weighted by Crippen LogP contribution is -2.55. The number of amides is 2. The molecular formula is C32H38F2IN3O3. The van der Waals surface area contributed by atoms with Crippen LogP contribution in [0.4, 0.5) is 8.78 Å². The van der Waals surface area contributed by atoms with Crippen LogP contribution in [0.25, 0.3) is 0 Å². The number of rotatable bonds is 14. The molecule has 0 bridgehead atoms. The molecule has 3 aromatic carbocycles. The van der Waals surface area contributed by atoms with Gasteiger partial charge >= 0.3 is 0 Å². The van der Waals surface area contributed by atoms with Crippen LogP contribution in [-0.4, -0.2) is 53.6 Å². The number of carbonyl (C=O) groups excluding carboxylic acids is 2. The van der Waals surface area contributed by atoms with Crippen molar-refractivity contribution in [2.24, 2.45) is 0 Å². The molecular weight excluding hydrogens is 639 g/mol. The number of halogens is 3. The van der Waals surface area contributed by atoms with Crippen LogP contribution in [0.15, 0.2) is 72.8 Å². The number of carbonyl (C=O) groups is 2. The van der Waals surface area contributed by atoms with E-state index in [1.54, 1.807) is 30.0 Å². The van der Waals surface area contributed by atoms with Crippen molar-refractivity contribution in [2.75, 3.05) is 19.6 Å². The predicted molar refractivity (Wildman–Crippen MR) is 166 cm³/mol. The molecule has 41 heavy (non-hydrogen) atoms. The quantitative estimate of drug-likeness (QED) is 0.186. The minimum Gasteiger partial charge on any atom is -0.389 e. The highest BCUT2D eigenvalue weighted by Crippen LogP contribution is 2.33. The third-order valence-electron chi connectivity index (χ3n) is 6.65. The van der Waals surface area contributed by atoms with Crippen LogP contribution < -0.4 is 10.6 Å². The first kappa shape index (κ1) is 32.6. The monoisotopic (exact) mass is 677 g/mol. The van der Waals surface area contributed by atoms with Crippen molar-refractivity contribution >= 4 is 34.4 Å². The van der Waals surface area contributed by atoms with Crippen molar-refractivity contribution in [3.8, 4) is 0 Å². The smallest absolute Gasteiger partial charge is 0.295 e. The first-order valence-electron chi connectivity index (χ1n) is 13.8. The van der Waals surface area contributed by atoms with Crippen LogP contribution in [0, 0.1) is 10.5 Å². The van der Waals surface area contributed by atoms with E-state index in [9.17, 15) is 14.7 Å². The molecule has 3 rings (SSSR count). The molecule has 0 aliphatic rings. The summed E-state index contributed by atoms with van der Waals surface area (Å²) in [5.74, 6) is -4.59. The second-order valence-corrected chi connectivity index (χ2v) is 11.4. The molecule has 0 aromatic heterocycles. The van der Waals surface area contributed by atoms with Crippen molar-refractivity contribution in [3.63, 3.8) is 0 Å². The van der Waals surface area contributed by atoms with E-state index in [0.29, 0.717) is 30.8 Å². The van der Waals surface area contributed by atoms with Gasteiger partial charge in [0, 0.05) is 46.4 Å². The van der Waals surface area contributed by atoms with Crippen molar-refractivity contribution in [1.29, 1.82) is 0 Å². The van der Waals surface area contributed by atoms with Crippen LogP contribution in [0.2, 0.25) is 0 Å². The topological polar surface area (TPSA) is 81.7 Å². The van der Waals surface area contributed by atoms with E-state index in [4.69, 9.17) is 0 Å². The maximum Gasteiger partial charge on any atom is 0.295 e. The number of nitrogens with zero attached hydrogens (tertiary/aromatic N) is 1. The summed E-state index contributed by atoms with van der Waals surface area (Å²) in [7, 11) is 0. The third kappa shape index (κ3) is 9.05. The van der Waals surface area contributed by atoms with Crippen LogP contribution in [0.3, 0.4) is 0 Å². The van der Waals surface area contributed by atoms with Crippen LogP contribution >= 0.6 is 22.6 Å². The molecule has 0 aliphatic heterocycles. The van der Waals surface area contributed by atoms with E-state index in [2.05, 4.69) is 33.2 Å². The Hall–Kier alpha value is -2.89. The first-order chi connectivity index (χ1) is 19.6. The molecule has 3 aromatic rings. The second kappa shape index (κ2) is 15.4. The molecule has 0 spiro atoms. The van der Waals surface area contributed by atoms with Gasteiger partial charge in [-0.15, -0.1) is 0 Å². The van der Waals surface area contributed by atoms with Gasteiger partial charge in [0.1, 0.15) is 6.04 Å². The summed E-state index contributed by atoms with van der Waals surface area (Å²) in [5.41, 5.74) is 1.67. The molecule has 9 heteroatoms. The molecule has 3 N–H and O–H groups in total. The summed E-state index contributed by atoms with van der Waals surface area (Å²) in [6.07, 6.45) is -0.0416.